The van der Waals surface area contributed by atoms with Crippen LogP contribution in [0.25, 0.3) is 0 Å². The van der Waals surface area contributed by atoms with Crippen molar-refractivity contribution in [2.75, 3.05) is 0 Å². The standard InChI is InChI=1S/C12H24O2.Tl/c1-2-3-4-5-6-7-8-9-10-11-12(13)14;/h2-11H2,1H3,(H,13,14);/q;+1/p-1. The predicted molar refractivity (Wildman–Crippen MR) is 62.6 cm³/mol. The quantitative estimate of drug-likeness (QED) is 0.415. The number of hydrogen-bond donors (Lipinski definition) is 0. The van der Waals surface area contributed by atoms with E-state index < -0.39 is 5.97 Å². The first-order valence-corrected chi connectivity index (χ1v) is 5.97. The molecule has 0 N–H and O–H groups in total. The molecule has 0 heterocycles. The van der Waals surface area contributed by atoms with Crippen molar-refractivity contribution in [1.29, 1.82) is 0 Å². The van der Waals surface area contributed by atoms with E-state index in [-0.39, 0.29) is 33.7 Å². The minimum atomic E-state index is -0.909. The average molecular weight is 404 g/mol. The van der Waals surface area contributed by atoms with E-state index in [0.29, 0.717) is 0 Å². The molecule has 0 saturated heterocycles. The van der Waals surface area contributed by atoms with Gasteiger partial charge in [-0.15, -0.1) is 0 Å². The Morgan fingerprint density at radius 3 is 1.67 bits per heavy atom. The van der Waals surface area contributed by atoms with E-state index in [4.69, 9.17) is 0 Å². The molecule has 0 amide bonds. The molecule has 0 atom stereocenters. The second-order valence-corrected chi connectivity index (χ2v) is 3.95. The van der Waals surface area contributed by atoms with Gasteiger partial charge in [0.2, 0.25) is 0 Å². The van der Waals surface area contributed by atoms with Crippen LogP contribution in [0.3, 0.4) is 0 Å². The second-order valence-electron chi connectivity index (χ2n) is 3.95. The Labute approximate surface area is 114 Å². The van der Waals surface area contributed by atoms with E-state index in [0.717, 1.165) is 12.8 Å². The molecular formula is C12H23O2Tl. The summed E-state index contributed by atoms with van der Waals surface area (Å²) in [5.41, 5.74) is 0. The van der Waals surface area contributed by atoms with Gasteiger partial charge in [0.1, 0.15) is 0 Å². The summed E-state index contributed by atoms with van der Waals surface area (Å²) in [5, 5.41) is 10.1. The van der Waals surface area contributed by atoms with Gasteiger partial charge in [0, 0.05) is 5.97 Å². The van der Waals surface area contributed by atoms with E-state index in [1.54, 1.807) is 0 Å². The largest absolute Gasteiger partial charge is 1.00 e. The first-order chi connectivity index (χ1) is 6.77. The summed E-state index contributed by atoms with van der Waals surface area (Å²) in [4.78, 5) is 10.1. The molecule has 0 rings (SSSR count). The van der Waals surface area contributed by atoms with Crippen LogP contribution in [-0.4, -0.2) is 33.3 Å². The van der Waals surface area contributed by atoms with Gasteiger partial charge < -0.3 is 9.90 Å². The zero-order chi connectivity index (χ0) is 10.6. The van der Waals surface area contributed by atoms with Crippen molar-refractivity contribution < 1.29 is 9.90 Å². The summed E-state index contributed by atoms with van der Waals surface area (Å²) in [6, 6.07) is 0. The third kappa shape index (κ3) is 17.0. The molecule has 0 bridgehead atoms. The maximum atomic E-state index is 10.1. The number of rotatable bonds is 10. The smallest absolute Gasteiger partial charge is 0.550 e. The summed E-state index contributed by atoms with van der Waals surface area (Å²) in [5.74, 6) is -0.909. The van der Waals surface area contributed by atoms with Gasteiger partial charge in [0.05, 0.1) is 0 Å². The number of aliphatic carboxylic acids is 1. The van der Waals surface area contributed by atoms with Crippen molar-refractivity contribution >= 4 is 33.3 Å². The molecule has 0 aliphatic rings. The molecular weight excluding hydrogens is 381 g/mol. The number of carboxylic acids is 1. The zero-order valence-electron chi connectivity index (χ0n) is 9.96. The van der Waals surface area contributed by atoms with Crippen molar-refractivity contribution in [2.45, 2.75) is 71.1 Å². The topological polar surface area (TPSA) is 40.1 Å². The summed E-state index contributed by atoms with van der Waals surface area (Å²) in [7, 11) is 0. The van der Waals surface area contributed by atoms with Crippen LogP contribution in [0.1, 0.15) is 71.1 Å². The Balaban J connectivity index is 0. The van der Waals surface area contributed by atoms with E-state index >= 15 is 0 Å². The first kappa shape index (κ1) is 17.8. The molecule has 0 aromatic rings. The van der Waals surface area contributed by atoms with Crippen LogP contribution in [0, 0.1) is 0 Å². The summed E-state index contributed by atoms with van der Waals surface area (Å²) in [6.07, 6.45) is 11.2. The first-order valence-electron chi connectivity index (χ1n) is 5.97. The molecule has 0 radical (unpaired) electrons. The predicted octanol–water partition coefficient (Wildman–Crippen LogP) is 2.28. The molecule has 0 spiro atoms. The van der Waals surface area contributed by atoms with E-state index in [1.807, 2.05) is 0 Å². The summed E-state index contributed by atoms with van der Waals surface area (Å²) < 4.78 is 0. The number of unbranched alkanes of at least 4 members (excludes halogenated alkanes) is 8. The number of carbonyl (C=O) groups excluding carboxylic acids is 1. The molecule has 0 aliphatic heterocycles. The third-order valence-corrected chi connectivity index (χ3v) is 2.48. The molecule has 3 heteroatoms. The Morgan fingerprint density at radius 1 is 0.867 bits per heavy atom. The molecule has 86 valence electrons. The molecule has 0 fully saturated rings. The molecule has 0 aliphatic carbocycles. The Morgan fingerprint density at radius 2 is 1.27 bits per heavy atom. The van der Waals surface area contributed by atoms with Crippen LogP contribution in [0.4, 0.5) is 0 Å². The Kier molecular flexibility index (Phi) is 17.1. The maximum absolute atomic E-state index is 10.1. The summed E-state index contributed by atoms with van der Waals surface area (Å²) >= 11 is 0. The molecule has 0 unspecified atom stereocenters. The molecule has 0 aromatic heterocycles. The Hall–Kier alpha value is 0.392. The molecule has 0 aromatic carbocycles. The molecule has 2 nitrogen and oxygen atoms in total. The molecule has 0 saturated carbocycles. The minimum Gasteiger partial charge on any atom is -0.550 e. The van der Waals surface area contributed by atoms with Crippen LogP contribution >= 0.6 is 0 Å². The van der Waals surface area contributed by atoms with Crippen molar-refractivity contribution in [2.24, 2.45) is 0 Å². The number of hydrogen-bond acceptors (Lipinski definition) is 2. The number of carboxylic acid groups (broad SMARTS) is 1. The van der Waals surface area contributed by atoms with Gasteiger partial charge in [-0.05, 0) is 12.8 Å². The normalized spacial score (nSPS) is 9.67. The van der Waals surface area contributed by atoms with Crippen LogP contribution in [0.15, 0.2) is 0 Å². The van der Waals surface area contributed by atoms with Crippen molar-refractivity contribution in [3.8, 4) is 0 Å². The van der Waals surface area contributed by atoms with Gasteiger partial charge >= 0.3 is 27.3 Å². The SMILES string of the molecule is CCCCCCCCCCCC(=O)[O-].[Tl+]. The fourth-order valence-corrected chi connectivity index (χ4v) is 1.58. The number of carbonyl (C=O) groups is 1. The van der Waals surface area contributed by atoms with Gasteiger partial charge in [-0.3, -0.25) is 0 Å². The van der Waals surface area contributed by atoms with Crippen LogP contribution in [0.5, 0.6) is 0 Å². The van der Waals surface area contributed by atoms with Crippen LogP contribution < -0.4 is 5.11 Å². The van der Waals surface area contributed by atoms with Crippen molar-refractivity contribution in [1.82, 2.24) is 0 Å². The van der Waals surface area contributed by atoms with E-state index in [1.165, 1.54) is 44.9 Å². The van der Waals surface area contributed by atoms with Gasteiger partial charge in [-0.1, -0.05) is 58.3 Å². The monoisotopic (exact) mass is 404 g/mol. The molecule has 15 heavy (non-hydrogen) atoms. The summed E-state index contributed by atoms with van der Waals surface area (Å²) in [6.45, 7) is 2.22. The average Bonchev–Trinajstić information content (AvgIpc) is 2.15. The van der Waals surface area contributed by atoms with Gasteiger partial charge in [0.25, 0.3) is 0 Å². The van der Waals surface area contributed by atoms with Crippen LogP contribution in [0.2, 0.25) is 0 Å². The minimum absolute atomic E-state index is 0. The van der Waals surface area contributed by atoms with Crippen molar-refractivity contribution in [3.63, 3.8) is 0 Å². The van der Waals surface area contributed by atoms with E-state index in [9.17, 15) is 9.90 Å². The maximum Gasteiger partial charge on any atom is 1.00 e. The van der Waals surface area contributed by atoms with Gasteiger partial charge in [0.15, 0.2) is 0 Å². The van der Waals surface area contributed by atoms with Crippen LogP contribution in [-0.2, 0) is 4.79 Å². The zero-order valence-corrected chi connectivity index (χ0v) is 14.5. The second kappa shape index (κ2) is 14.4. The third-order valence-electron chi connectivity index (χ3n) is 2.48. The fraction of sp³-hybridized carbons (Fsp3) is 0.917. The van der Waals surface area contributed by atoms with Gasteiger partial charge in [-0.25, -0.2) is 0 Å². The fourth-order valence-electron chi connectivity index (χ4n) is 1.58. The van der Waals surface area contributed by atoms with E-state index in [2.05, 4.69) is 6.92 Å². The van der Waals surface area contributed by atoms with Gasteiger partial charge in [-0.2, -0.15) is 0 Å². The Bertz CT molecular complexity index is 138. The van der Waals surface area contributed by atoms with Crippen molar-refractivity contribution in [3.05, 3.63) is 0 Å².